The van der Waals surface area contributed by atoms with Crippen LogP contribution in [-0.4, -0.2) is 33.5 Å². The van der Waals surface area contributed by atoms with Gasteiger partial charge in [0.1, 0.15) is 17.5 Å². The minimum atomic E-state index is -0.742. The first-order valence-electron chi connectivity index (χ1n) is 10.0. The van der Waals surface area contributed by atoms with Gasteiger partial charge in [-0.1, -0.05) is 54.2 Å². The molecule has 5 rings (SSSR count). The molecular weight excluding hydrogens is 446 g/mol. The molecular formula is C24H16F2N4O2S. The summed E-state index contributed by atoms with van der Waals surface area (Å²) < 4.78 is 27.2. The molecule has 6 nitrogen and oxygen atoms in total. The molecule has 3 aromatic carbocycles. The molecule has 33 heavy (non-hydrogen) atoms. The first-order valence-corrected chi connectivity index (χ1v) is 11.0. The van der Waals surface area contributed by atoms with Crippen molar-refractivity contribution in [3.63, 3.8) is 0 Å². The molecule has 0 spiro atoms. The molecule has 0 saturated carbocycles. The van der Waals surface area contributed by atoms with Gasteiger partial charge in [-0.3, -0.25) is 9.59 Å². The second kappa shape index (κ2) is 8.59. The normalized spacial score (nSPS) is 16.6. The van der Waals surface area contributed by atoms with Crippen molar-refractivity contribution in [3.05, 3.63) is 95.6 Å². The second-order valence-electron chi connectivity index (χ2n) is 7.31. The molecule has 0 saturated heterocycles. The van der Waals surface area contributed by atoms with Gasteiger partial charge in [0.2, 0.25) is 5.91 Å². The number of carbonyl (C=O) groups excluding carboxylic acids is 2. The quantitative estimate of drug-likeness (QED) is 0.613. The largest absolute Gasteiger partial charge is 0.323 e. The number of para-hydroxylation sites is 1. The van der Waals surface area contributed by atoms with E-state index in [4.69, 9.17) is 0 Å². The lowest BCUT2D eigenvalue weighted by molar-refractivity contribution is -0.124. The van der Waals surface area contributed by atoms with Crippen molar-refractivity contribution in [2.24, 2.45) is 9.98 Å². The lowest BCUT2D eigenvalue weighted by Crippen LogP contribution is -2.40. The van der Waals surface area contributed by atoms with Crippen LogP contribution in [0, 0.1) is 11.6 Å². The fourth-order valence-corrected chi connectivity index (χ4v) is 4.41. The zero-order chi connectivity index (χ0) is 22.9. The van der Waals surface area contributed by atoms with Gasteiger partial charge in [-0.15, -0.1) is 0 Å². The first-order chi connectivity index (χ1) is 16.0. The number of aliphatic imine (C=N–C) groups is 2. The predicted molar refractivity (Wildman–Crippen MR) is 124 cm³/mol. The zero-order valence-electron chi connectivity index (χ0n) is 17.0. The number of halogens is 2. The topological polar surface area (TPSA) is 74.1 Å². The minimum absolute atomic E-state index is 0.163. The number of hydrogen-bond acceptors (Lipinski definition) is 5. The van der Waals surface area contributed by atoms with E-state index in [-0.39, 0.29) is 17.3 Å². The summed E-state index contributed by atoms with van der Waals surface area (Å²) in [6.07, 6.45) is 0. The number of nitrogens with zero attached hydrogens (tertiary/aromatic N) is 3. The van der Waals surface area contributed by atoms with Crippen molar-refractivity contribution < 1.29 is 18.4 Å². The molecule has 0 aliphatic carbocycles. The van der Waals surface area contributed by atoms with Crippen LogP contribution in [0.2, 0.25) is 0 Å². The lowest BCUT2D eigenvalue weighted by atomic mass is 10.1. The maximum absolute atomic E-state index is 13.8. The SMILES string of the molecule is O=C(CSC1=Nc2ccccc2C2=N[C@H](c3ccccc3)C(=O)N12)Nc1cc(F)ccc1F. The van der Waals surface area contributed by atoms with Crippen molar-refractivity contribution >= 4 is 46.0 Å². The van der Waals surface area contributed by atoms with Crippen molar-refractivity contribution in [2.45, 2.75) is 6.04 Å². The maximum Gasteiger partial charge on any atom is 0.263 e. The summed E-state index contributed by atoms with van der Waals surface area (Å²) in [5, 5.41) is 2.65. The minimum Gasteiger partial charge on any atom is -0.323 e. The van der Waals surface area contributed by atoms with Crippen LogP contribution < -0.4 is 5.32 Å². The second-order valence-corrected chi connectivity index (χ2v) is 8.25. The maximum atomic E-state index is 13.8. The Morgan fingerprint density at radius 1 is 1.03 bits per heavy atom. The Labute approximate surface area is 192 Å². The van der Waals surface area contributed by atoms with Crippen LogP contribution in [0.1, 0.15) is 17.2 Å². The number of amides is 2. The Hall–Kier alpha value is -3.85. The summed E-state index contributed by atoms with van der Waals surface area (Å²) in [7, 11) is 0. The van der Waals surface area contributed by atoms with Gasteiger partial charge in [0.15, 0.2) is 11.2 Å². The Kier molecular flexibility index (Phi) is 5.47. The highest BCUT2D eigenvalue weighted by Crippen LogP contribution is 2.37. The molecule has 0 radical (unpaired) electrons. The van der Waals surface area contributed by atoms with Crippen LogP contribution in [0.4, 0.5) is 20.2 Å². The van der Waals surface area contributed by atoms with E-state index in [1.807, 2.05) is 48.5 Å². The number of rotatable bonds is 4. The van der Waals surface area contributed by atoms with Crippen LogP contribution in [0.15, 0.2) is 82.8 Å². The van der Waals surface area contributed by atoms with E-state index in [1.54, 1.807) is 6.07 Å². The number of carbonyl (C=O) groups is 2. The number of nitrogens with one attached hydrogen (secondary N) is 1. The molecule has 2 aliphatic heterocycles. The van der Waals surface area contributed by atoms with Crippen molar-refractivity contribution in [3.8, 4) is 0 Å². The van der Waals surface area contributed by atoms with Gasteiger partial charge in [0, 0.05) is 11.6 Å². The zero-order valence-corrected chi connectivity index (χ0v) is 17.9. The highest BCUT2D eigenvalue weighted by molar-refractivity contribution is 8.14. The van der Waals surface area contributed by atoms with Gasteiger partial charge in [-0.25, -0.2) is 23.7 Å². The first kappa shape index (κ1) is 21.0. The van der Waals surface area contributed by atoms with Crippen molar-refractivity contribution in [2.75, 3.05) is 11.1 Å². The molecule has 9 heteroatoms. The fourth-order valence-electron chi connectivity index (χ4n) is 3.61. The van der Waals surface area contributed by atoms with Crippen LogP contribution in [0.3, 0.4) is 0 Å². The summed E-state index contributed by atoms with van der Waals surface area (Å²) >= 11 is 1.02. The van der Waals surface area contributed by atoms with Crippen molar-refractivity contribution in [1.82, 2.24) is 4.90 Å². The van der Waals surface area contributed by atoms with Crippen LogP contribution in [-0.2, 0) is 9.59 Å². The van der Waals surface area contributed by atoms with E-state index in [1.165, 1.54) is 4.90 Å². The van der Waals surface area contributed by atoms with Gasteiger partial charge in [0.25, 0.3) is 5.91 Å². The molecule has 164 valence electrons. The summed E-state index contributed by atoms with van der Waals surface area (Å²) in [6.45, 7) is 0. The highest BCUT2D eigenvalue weighted by atomic mass is 32.2. The Morgan fingerprint density at radius 3 is 2.61 bits per heavy atom. The molecule has 1 N–H and O–H groups in total. The number of thioether (sulfide) groups is 1. The van der Waals surface area contributed by atoms with E-state index in [2.05, 4.69) is 15.3 Å². The van der Waals surface area contributed by atoms with Gasteiger partial charge in [-0.05, 0) is 29.8 Å². The van der Waals surface area contributed by atoms with E-state index >= 15 is 0 Å². The van der Waals surface area contributed by atoms with Crippen LogP contribution in [0.5, 0.6) is 0 Å². The number of hydrogen-bond donors (Lipinski definition) is 1. The Bertz CT molecular complexity index is 1330. The molecule has 0 bridgehead atoms. The molecule has 0 aromatic heterocycles. The fraction of sp³-hybridized carbons (Fsp3) is 0.0833. The van der Waals surface area contributed by atoms with E-state index in [0.29, 0.717) is 16.7 Å². The van der Waals surface area contributed by atoms with E-state index in [9.17, 15) is 18.4 Å². The highest BCUT2D eigenvalue weighted by Gasteiger charge is 2.42. The molecule has 0 fully saturated rings. The number of fused-ring (bicyclic) bond motifs is 3. The average Bonchev–Trinajstić information content (AvgIpc) is 3.18. The van der Waals surface area contributed by atoms with E-state index < -0.39 is 23.6 Å². The number of amidine groups is 2. The third-order valence-corrected chi connectivity index (χ3v) is 6.06. The monoisotopic (exact) mass is 462 g/mol. The third kappa shape index (κ3) is 4.03. The number of benzene rings is 3. The molecule has 0 unspecified atom stereocenters. The predicted octanol–water partition coefficient (Wildman–Crippen LogP) is 4.67. The summed E-state index contributed by atoms with van der Waals surface area (Å²) in [4.78, 5) is 36.4. The number of anilines is 1. The Balaban J connectivity index is 1.40. The smallest absolute Gasteiger partial charge is 0.263 e. The van der Waals surface area contributed by atoms with Crippen LogP contribution >= 0.6 is 11.8 Å². The van der Waals surface area contributed by atoms with Gasteiger partial charge in [0.05, 0.1) is 17.1 Å². The van der Waals surface area contributed by atoms with Gasteiger partial charge < -0.3 is 5.32 Å². The molecule has 2 amide bonds. The molecule has 3 aromatic rings. The summed E-state index contributed by atoms with van der Waals surface area (Å²) in [5.41, 5.74) is 1.86. The Morgan fingerprint density at radius 2 is 1.79 bits per heavy atom. The molecule has 1 atom stereocenters. The average molecular weight is 462 g/mol. The van der Waals surface area contributed by atoms with E-state index in [0.717, 1.165) is 41.1 Å². The van der Waals surface area contributed by atoms with Crippen LogP contribution in [0.25, 0.3) is 0 Å². The molecule has 2 aliphatic rings. The standard InChI is InChI=1S/C24H16F2N4O2S/c25-15-10-11-17(26)19(12-15)27-20(31)13-33-24-28-18-9-5-4-8-16(18)22-29-21(23(32)30(22)24)14-6-2-1-3-7-14/h1-12,21H,13H2,(H,27,31)/t21-/m1/s1. The lowest BCUT2D eigenvalue weighted by Gasteiger charge is -2.25. The molecule has 2 heterocycles. The summed E-state index contributed by atoms with van der Waals surface area (Å²) in [6, 6.07) is 18.6. The summed E-state index contributed by atoms with van der Waals surface area (Å²) in [5.74, 6) is -1.93. The third-order valence-electron chi connectivity index (χ3n) is 5.12. The van der Waals surface area contributed by atoms with Gasteiger partial charge in [-0.2, -0.15) is 0 Å². The van der Waals surface area contributed by atoms with Gasteiger partial charge >= 0.3 is 0 Å². The van der Waals surface area contributed by atoms with Crippen molar-refractivity contribution in [1.29, 1.82) is 0 Å².